The van der Waals surface area contributed by atoms with E-state index in [1.54, 1.807) is 11.3 Å². The van der Waals surface area contributed by atoms with Gasteiger partial charge in [0.15, 0.2) is 0 Å². The Balaban J connectivity index is 1.82. The van der Waals surface area contributed by atoms with Crippen molar-refractivity contribution in [1.29, 1.82) is 0 Å². The fourth-order valence-electron chi connectivity index (χ4n) is 2.45. The zero-order valence-electron chi connectivity index (χ0n) is 10.6. The lowest BCUT2D eigenvalue weighted by Crippen LogP contribution is -2.19. The lowest BCUT2D eigenvalue weighted by molar-refractivity contribution is 0.350. The minimum absolute atomic E-state index is 0.0815. The van der Waals surface area contributed by atoms with Gasteiger partial charge >= 0.3 is 0 Å². The van der Waals surface area contributed by atoms with Crippen LogP contribution in [0, 0.1) is 11.8 Å². The first kappa shape index (κ1) is 12.3. The Hall–Kier alpha value is -1.76. The third kappa shape index (κ3) is 2.51. The Morgan fingerprint density at radius 3 is 3.05 bits per heavy atom. The minimum atomic E-state index is -0.0815. The second-order valence-electron chi connectivity index (χ2n) is 4.52. The maximum Gasteiger partial charge on any atom is 0.104 e. The van der Waals surface area contributed by atoms with Gasteiger partial charge in [0.2, 0.25) is 0 Å². The molecule has 0 fully saturated rings. The van der Waals surface area contributed by atoms with Crippen LogP contribution in [0.15, 0.2) is 35.7 Å². The van der Waals surface area contributed by atoms with Gasteiger partial charge in [-0.1, -0.05) is 30.0 Å². The maximum atomic E-state index is 8.79. The van der Waals surface area contributed by atoms with Crippen LogP contribution in [0.5, 0.6) is 0 Å². The summed E-state index contributed by atoms with van der Waals surface area (Å²) in [5.74, 6) is 5.75. The Morgan fingerprint density at radius 1 is 1.26 bits per heavy atom. The van der Waals surface area contributed by atoms with Crippen molar-refractivity contribution in [3.05, 3.63) is 51.7 Å². The number of para-hydroxylation sites is 1. The number of rotatable bonds is 2. The van der Waals surface area contributed by atoms with Crippen molar-refractivity contribution in [2.24, 2.45) is 0 Å². The minimum Gasteiger partial charge on any atom is -0.384 e. The number of aliphatic hydroxyl groups excluding tert-OH is 1. The summed E-state index contributed by atoms with van der Waals surface area (Å²) < 4.78 is 0. The highest BCUT2D eigenvalue weighted by Gasteiger charge is 2.19. The molecule has 1 N–H and O–H groups in total. The van der Waals surface area contributed by atoms with Crippen molar-refractivity contribution in [3.63, 3.8) is 0 Å². The molecular weight excluding hydrogens is 254 g/mol. The molecule has 0 unspecified atom stereocenters. The van der Waals surface area contributed by atoms with Gasteiger partial charge in [-0.3, -0.25) is 0 Å². The fraction of sp³-hybridized carbons (Fsp3) is 0.250. The van der Waals surface area contributed by atoms with E-state index >= 15 is 0 Å². The van der Waals surface area contributed by atoms with Crippen LogP contribution in [0.25, 0.3) is 0 Å². The molecule has 0 saturated heterocycles. The maximum absolute atomic E-state index is 8.79. The van der Waals surface area contributed by atoms with Gasteiger partial charge in [0, 0.05) is 22.7 Å². The number of anilines is 1. The van der Waals surface area contributed by atoms with E-state index in [1.807, 2.05) is 6.07 Å². The third-order valence-corrected chi connectivity index (χ3v) is 4.27. The van der Waals surface area contributed by atoms with E-state index in [4.69, 9.17) is 5.11 Å². The number of thiophene rings is 1. The Labute approximate surface area is 117 Å². The van der Waals surface area contributed by atoms with Crippen molar-refractivity contribution in [1.82, 2.24) is 0 Å². The molecule has 0 radical (unpaired) electrons. The van der Waals surface area contributed by atoms with Gasteiger partial charge in [-0.15, -0.1) is 11.3 Å². The zero-order chi connectivity index (χ0) is 13.1. The van der Waals surface area contributed by atoms with Gasteiger partial charge in [-0.2, -0.15) is 0 Å². The lowest BCUT2D eigenvalue weighted by Gasteiger charge is -2.18. The highest BCUT2D eigenvalue weighted by Crippen LogP contribution is 2.30. The summed E-state index contributed by atoms with van der Waals surface area (Å²) in [6, 6.07) is 10.6. The summed E-state index contributed by atoms with van der Waals surface area (Å²) in [6.45, 7) is 1.90. The van der Waals surface area contributed by atoms with E-state index in [0.29, 0.717) is 0 Å². The third-order valence-electron chi connectivity index (χ3n) is 3.37. The van der Waals surface area contributed by atoms with Gasteiger partial charge in [0.25, 0.3) is 0 Å². The van der Waals surface area contributed by atoms with Crippen LogP contribution in [-0.4, -0.2) is 18.3 Å². The molecule has 1 aromatic heterocycles. The molecule has 2 nitrogen and oxygen atoms in total. The van der Waals surface area contributed by atoms with E-state index in [-0.39, 0.29) is 6.61 Å². The Bertz CT molecular complexity index is 635. The van der Waals surface area contributed by atoms with E-state index in [0.717, 1.165) is 25.1 Å². The van der Waals surface area contributed by atoms with Crippen LogP contribution >= 0.6 is 11.3 Å². The Kier molecular flexibility index (Phi) is 3.54. The van der Waals surface area contributed by atoms with Gasteiger partial charge in [0.05, 0.1) is 6.54 Å². The lowest BCUT2D eigenvalue weighted by atomic mass is 10.2. The molecule has 0 aliphatic carbocycles. The smallest absolute Gasteiger partial charge is 0.104 e. The second-order valence-corrected chi connectivity index (χ2v) is 5.52. The molecule has 3 heteroatoms. The first-order chi connectivity index (χ1) is 9.38. The van der Waals surface area contributed by atoms with Crippen LogP contribution in [0.2, 0.25) is 0 Å². The van der Waals surface area contributed by atoms with Crippen LogP contribution in [0.1, 0.15) is 16.0 Å². The quantitative estimate of drug-likeness (QED) is 0.847. The number of hydrogen-bond donors (Lipinski definition) is 1. The van der Waals surface area contributed by atoms with Gasteiger partial charge in [-0.05, 0) is 29.5 Å². The van der Waals surface area contributed by atoms with Gasteiger partial charge in [-0.25, -0.2) is 0 Å². The molecule has 0 saturated carbocycles. The van der Waals surface area contributed by atoms with E-state index < -0.39 is 0 Å². The van der Waals surface area contributed by atoms with E-state index in [9.17, 15) is 0 Å². The monoisotopic (exact) mass is 269 g/mol. The number of nitrogens with zero attached hydrogens (tertiary/aromatic N) is 1. The fourth-order valence-corrected chi connectivity index (χ4v) is 3.30. The first-order valence-electron chi connectivity index (χ1n) is 6.37. The van der Waals surface area contributed by atoms with Crippen molar-refractivity contribution in [2.45, 2.75) is 13.0 Å². The molecule has 2 aromatic rings. The van der Waals surface area contributed by atoms with Crippen LogP contribution < -0.4 is 4.90 Å². The summed E-state index contributed by atoms with van der Waals surface area (Å²) in [5.41, 5.74) is 3.82. The van der Waals surface area contributed by atoms with Gasteiger partial charge in [0.1, 0.15) is 6.61 Å². The summed E-state index contributed by atoms with van der Waals surface area (Å²) in [4.78, 5) is 3.68. The summed E-state index contributed by atoms with van der Waals surface area (Å²) >= 11 is 1.74. The van der Waals surface area contributed by atoms with E-state index in [2.05, 4.69) is 46.4 Å². The first-order valence-corrected chi connectivity index (χ1v) is 7.25. The van der Waals surface area contributed by atoms with E-state index in [1.165, 1.54) is 16.1 Å². The van der Waals surface area contributed by atoms with Crippen LogP contribution in [0.3, 0.4) is 0 Å². The molecule has 0 spiro atoms. The Morgan fingerprint density at radius 2 is 2.16 bits per heavy atom. The molecule has 0 atom stereocenters. The molecule has 0 bridgehead atoms. The van der Waals surface area contributed by atoms with Crippen LogP contribution in [-0.2, 0) is 13.0 Å². The highest BCUT2D eigenvalue weighted by atomic mass is 32.1. The van der Waals surface area contributed by atoms with Crippen LogP contribution in [0.4, 0.5) is 5.69 Å². The number of fused-ring (bicyclic) bond motifs is 1. The second kappa shape index (κ2) is 5.48. The average Bonchev–Trinajstić information content (AvgIpc) is 3.05. The molecule has 3 rings (SSSR count). The molecule has 1 aliphatic heterocycles. The summed E-state index contributed by atoms with van der Waals surface area (Å²) in [5, 5.41) is 10.9. The molecular formula is C16H15NOS. The normalized spacial score (nSPS) is 13.0. The highest BCUT2D eigenvalue weighted by molar-refractivity contribution is 7.10. The topological polar surface area (TPSA) is 23.5 Å². The van der Waals surface area contributed by atoms with Crippen molar-refractivity contribution >= 4 is 17.0 Å². The molecule has 2 heterocycles. The molecule has 0 amide bonds. The predicted octanol–water partition coefficient (Wildman–Crippen LogP) is 2.65. The SMILES string of the molecule is OCC#Cc1ccsc1CN1CCc2ccccc21. The van der Waals surface area contributed by atoms with Gasteiger partial charge < -0.3 is 10.0 Å². The molecule has 96 valence electrons. The average molecular weight is 269 g/mol. The van der Waals surface area contributed by atoms with Crippen molar-refractivity contribution < 1.29 is 5.11 Å². The number of hydrogen-bond acceptors (Lipinski definition) is 3. The molecule has 19 heavy (non-hydrogen) atoms. The molecule has 1 aromatic carbocycles. The summed E-state index contributed by atoms with van der Waals surface area (Å²) in [7, 11) is 0. The van der Waals surface area contributed by atoms with Crippen molar-refractivity contribution in [3.8, 4) is 11.8 Å². The molecule has 1 aliphatic rings. The predicted molar refractivity (Wildman–Crippen MR) is 79.5 cm³/mol. The summed E-state index contributed by atoms with van der Waals surface area (Å²) in [6.07, 6.45) is 1.12. The standard InChI is InChI=1S/C16H15NOS/c18-10-3-5-14-8-11-19-16(14)12-17-9-7-13-4-1-2-6-15(13)17/h1-2,4,6,8,11,18H,7,9-10,12H2. The largest absolute Gasteiger partial charge is 0.384 e. The zero-order valence-corrected chi connectivity index (χ0v) is 11.4. The van der Waals surface area contributed by atoms with Crippen molar-refractivity contribution in [2.75, 3.05) is 18.1 Å². The number of benzene rings is 1. The number of aliphatic hydroxyl groups is 1.